The molecule has 2 nitrogen and oxygen atoms in total. The fraction of sp³-hybridized carbons (Fsp3) is 0. The van der Waals surface area contributed by atoms with Gasteiger partial charge in [0.15, 0.2) is 29.6 Å². The number of halogens is 6. The van der Waals surface area contributed by atoms with Gasteiger partial charge in [0.1, 0.15) is 11.5 Å². The van der Waals surface area contributed by atoms with E-state index in [4.69, 9.17) is 0 Å². The van der Waals surface area contributed by atoms with Crippen LogP contribution in [0.3, 0.4) is 0 Å². The highest BCUT2D eigenvalue weighted by Crippen LogP contribution is 2.32. The molecule has 0 atom stereocenters. The lowest BCUT2D eigenvalue weighted by molar-refractivity contribution is 0.111. The minimum Gasteiger partial charge on any atom is -0.296 e. The van der Waals surface area contributed by atoms with Crippen molar-refractivity contribution in [2.45, 2.75) is 0 Å². The summed E-state index contributed by atoms with van der Waals surface area (Å²) in [5, 5.41) is 0. The second kappa shape index (κ2) is 4.95. The summed E-state index contributed by atoms with van der Waals surface area (Å²) in [4.78, 5) is 13.9. The second-order valence-corrected chi connectivity index (χ2v) is 3.65. The van der Waals surface area contributed by atoms with Gasteiger partial charge in [-0.15, -0.1) is 0 Å². The smallest absolute Gasteiger partial charge is 0.200 e. The van der Waals surface area contributed by atoms with Gasteiger partial charge >= 0.3 is 0 Å². The van der Waals surface area contributed by atoms with Crippen LogP contribution in [-0.4, -0.2) is 11.3 Å². The lowest BCUT2D eigenvalue weighted by atomic mass is 10.0. The van der Waals surface area contributed by atoms with E-state index in [2.05, 4.69) is 4.98 Å². The number of carbonyl (C=O) groups is 1. The maximum atomic E-state index is 13.5. The van der Waals surface area contributed by atoms with Crippen molar-refractivity contribution < 1.29 is 31.1 Å². The van der Waals surface area contributed by atoms with Crippen LogP contribution in [0.15, 0.2) is 12.3 Å². The normalized spacial score (nSPS) is 10.7. The first-order chi connectivity index (χ1) is 9.38. The molecule has 2 rings (SSSR count). The van der Waals surface area contributed by atoms with E-state index in [0.717, 1.165) is 0 Å². The molecule has 2 aromatic rings. The van der Waals surface area contributed by atoms with E-state index in [1.54, 1.807) is 0 Å². The molecule has 104 valence electrons. The molecule has 0 radical (unpaired) electrons. The number of rotatable bonds is 2. The monoisotopic (exact) mass is 291 g/mol. The molecule has 1 aromatic heterocycles. The molecule has 8 heteroatoms. The van der Waals surface area contributed by atoms with Gasteiger partial charge in [-0.25, -0.2) is 31.3 Å². The van der Waals surface area contributed by atoms with Crippen molar-refractivity contribution in [3.05, 3.63) is 52.9 Å². The molecule has 0 saturated heterocycles. The third-order valence-corrected chi connectivity index (χ3v) is 2.48. The number of carbonyl (C=O) groups excluding carboxylic acids is 1. The molecular weight excluding hydrogens is 288 g/mol. The predicted molar refractivity (Wildman–Crippen MR) is 54.8 cm³/mol. The van der Waals surface area contributed by atoms with Gasteiger partial charge in [-0.3, -0.25) is 4.79 Å². The van der Waals surface area contributed by atoms with Crippen molar-refractivity contribution in [3.8, 4) is 11.1 Å². The molecule has 0 aliphatic carbocycles. The van der Waals surface area contributed by atoms with Crippen LogP contribution in [0.5, 0.6) is 0 Å². The van der Waals surface area contributed by atoms with Gasteiger partial charge in [-0.05, 0) is 6.07 Å². The quantitative estimate of drug-likeness (QED) is 0.367. The Labute approximate surface area is 107 Å². The average molecular weight is 291 g/mol. The number of nitrogens with zero attached hydrogens (tertiary/aromatic N) is 1. The molecular formula is C12H3F6NO. The van der Waals surface area contributed by atoms with Crippen molar-refractivity contribution >= 4 is 6.29 Å². The molecule has 1 heterocycles. The summed E-state index contributed by atoms with van der Waals surface area (Å²) >= 11 is 0. The number of benzene rings is 1. The van der Waals surface area contributed by atoms with Crippen LogP contribution in [0, 0.1) is 34.9 Å². The maximum Gasteiger partial charge on any atom is 0.200 e. The molecule has 0 amide bonds. The lowest BCUT2D eigenvalue weighted by Crippen LogP contribution is -2.06. The van der Waals surface area contributed by atoms with E-state index >= 15 is 0 Å². The molecule has 20 heavy (non-hydrogen) atoms. The van der Waals surface area contributed by atoms with Crippen LogP contribution < -0.4 is 0 Å². The first kappa shape index (κ1) is 14.0. The van der Waals surface area contributed by atoms with Crippen molar-refractivity contribution in [1.82, 2.24) is 4.98 Å². The standard InChI is InChI=1S/C12H3F6NO/c13-4-1-5(6(3-20)19-2-4)7-8(14)10(16)12(18)11(17)9(7)15/h1-3H. The van der Waals surface area contributed by atoms with Crippen LogP contribution in [-0.2, 0) is 0 Å². The van der Waals surface area contributed by atoms with Crippen LogP contribution in [0.25, 0.3) is 11.1 Å². The van der Waals surface area contributed by atoms with E-state index in [1.807, 2.05) is 0 Å². The zero-order valence-electron chi connectivity index (χ0n) is 9.36. The molecule has 1 aromatic carbocycles. The molecule has 0 bridgehead atoms. The first-order valence-electron chi connectivity index (χ1n) is 5.01. The van der Waals surface area contributed by atoms with Crippen molar-refractivity contribution in [3.63, 3.8) is 0 Å². The van der Waals surface area contributed by atoms with E-state index in [-0.39, 0.29) is 6.29 Å². The zero-order valence-corrected chi connectivity index (χ0v) is 9.36. The van der Waals surface area contributed by atoms with E-state index in [9.17, 15) is 31.1 Å². The van der Waals surface area contributed by atoms with Gasteiger partial charge in [-0.2, -0.15) is 0 Å². The van der Waals surface area contributed by atoms with E-state index in [0.29, 0.717) is 12.3 Å². The second-order valence-electron chi connectivity index (χ2n) is 3.65. The van der Waals surface area contributed by atoms with Gasteiger partial charge in [0.05, 0.1) is 11.8 Å². The molecule has 0 N–H and O–H groups in total. The van der Waals surface area contributed by atoms with E-state index in [1.165, 1.54) is 0 Å². The minimum absolute atomic E-state index is 0.00677. The number of pyridine rings is 1. The fourth-order valence-electron chi connectivity index (χ4n) is 1.59. The molecule has 0 fully saturated rings. The lowest BCUT2D eigenvalue weighted by Gasteiger charge is -2.09. The Morgan fingerprint density at radius 1 is 0.850 bits per heavy atom. The number of hydrogen-bond acceptors (Lipinski definition) is 2. The molecule has 0 aliphatic heterocycles. The SMILES string of the molecule is O=Cc1ncc(F)cc1-c1c(F)c(F)c(F)c(F)c1F. The van der Waals surface area contributed by atoms with Crippen molar-refractivity contribution in [1.29, 1.82) is 0 Å². The molecule has 0 spiro atoms. The summed E-state index contributed by atoms with van der Waals surface area (Å²) in [6.45, 7) is 0. The Bertz CT molecular complexity index is 687. The predicted octanol–water partition coefficient (Wildman–Crippen LogP) is 3.40. The summed E-state index contributed by atoms with van der Waals surface area (Å²) in [5.41, 5.74) is -2.89. The highest BCUT2D eigenvalue weighted by atomic mass is 19.2. The van der Waals surface area contributed by atoms with Gasteiger partial charge in [0.2, 0.25) is 5.82 Å². The molecule has 0 aliphatic rings. The minimum atomic E-state index is -2.35. The van der Waals surface area contributed by atoms with Crippen molar-refractivity contribution in [2.75, 3.05) is 0 Å². The highest BCUT2D eigenvalue weighted by Gasteiger charge is 2.28. The number of hydrogen-bond donors (Lipinski definition) is 0. The highest BCUT2D eigenvalue weighted by molar-refractivity contribution is 5.85. The Kier molecular flexibility index (Phi) is 3.47. The Morgan fingerprint density at radius 3 is 1.85 bits per heavy atom. The fourth-order valence-corrected chi connectivity index (χ4v) is 1.59. The van der Waals surface area contributed by atoms with Crippen LogP contribution in [0.1, 0.15) is 10.5 Å². The summed E-state index contributed by atoms with van der Waals surface area (Å²) < 4.78 is 79.1. The van der Waals surface area contributed by atoms with Crippen LogP contribution in [0.4, 0.5) is 26.3 Å². The molecule has 0 saturated carbocycles. The summed E-state index contributed by atoms with van der Waals surface area (Å²) in [6, 6.07) is 0.453. The third-order valence-electron chi connectivity index (χ3n) is 2.48. The van der Waals surface area contributed by atoms with Gasteiger partial charge in [0, 0.05) is 5.56 Å². The van der Waals surface area contributed by atoms with Gasteiger partial charge in [-0.1, -0.05) is 0 Å². The topological polar surface area (TPSA) is 30.0 Å². The largest absolute Gasteiger partial charge is 0.296 e. The Hall–Kier alpha value is -2.38. The first-order valence-corrected chi connectivity index (χ1v) is 5.01. The van der Waals surface area contributed by atoms with Gasteiger partial charge in [0.25, 0.3) is 0 Å². The maximum absolute atomic E-state index is 13.5. The van der Waals surface area contributed by atoms with E-state index < -0.39 is 51.7 Å². The molecule has 0 unspecified atom stereocenters. The van der Waals surface area contributed by atoms with Crippen LogP contribution in [0.2, 0.25) is 0 Å². The Morgan fingerprint density at radius 2 is 1.35 bits per heavy atom. The summed E-state index contributed by atoms with van der Waals surface area (Å²) in [7, 11) is 0. The average Bonchev–Trinajstić information content (AvgIpc) is 2.43. The van der Waals surface area contributed by atoms with Crippen LogP contribution >= 0.6 is 0 Å². The summed E-state index contributed by atoms with van der Waals surface area (Å²) in [5.74, 6) is -12.2. The van der Waals surface area contributed by atoms with Crippen molar-refractivity contribution in [2.24, 2.45) is 0 Å². The number of aldehydes is 1. The zero-order chi connectivity index (χ0) is 15.0. The third kappa shape index (κ3) is 2.02. The van der Waals surface area contributed by atoms with Gasteiger partial charge < -0.3 is 0 Å². The number of aromatic nitrogens is 1. The Balaban J connectivity index is 2.90. The summed E-state index contributed by atoms with van der Waals surface area (Å²) in [6.07, 6.45) is 0.575.